The lowest BCUT2D eigenvalue weighted by molar-refractivity contribution is -0.159. The summed E-state index contributed by atoms with van der Waals surface area (Å²) in [4.78, 5) is 37.2. The first kappa shape index (κ1) is 25.2. The van der Waals surface area contributed by atoms with Crippen molar-refractivity contribution in [3.05, 3.63) is 33.8 Å². The lowest BCUT2D eigenvalue weighted by Crippen LogP contribution is -2.60. The predicted molar refractivity (Wildman–Crippen MR) is 110 cm³/mol. The van der Waals surface area contributed by atoms with Gasteiger partial charge in [-0.05, 0) is 36.1 Å². The molecular formula is C19H27Cl2N3O5. The van der Waals surface area contributed by atoms with Crippen molar-refractivity contribution in [1.82, 2.24) is 16.1 Å². The maximum atomic E-state index is 13.0. The Balaban J connectivity index is 3.20. The van der Waals surface area contributed by atoms with Crippen LogP contribution in [-0.4, -0.2) is 46.7 Å². The Morgan fingerprint density at radius 2 is 1.76 bits per heavy atom. The molecule has 8 nitrogen and oxygen atoms in total. The zero-order valence-electron chi connectivity index (χ0n) is 16.8. The average Bonchev–Trinajstić information content (AvgIpc) is 2.67. The van der Waals surface area contributed by atoms with E-state index >= 15 is 0 Å². The number of hydrogen-bond acceptors (Lipinski definition) is 5. The number of rotatable bonds is 9. The number of carbonyl (C=O) groups excluding carboxylic acids is 3. The van der Waals surface area contributed by atoms with Gasteiger partial charge in [0.25, 0.3) is 5.91 Å². The van der Waals surface area contributed by atoms with E-state index in [0.29, 0.717) is 15.6 Å². The van der Waals surface area contributed by atoms with Crippen molar-refractivity contribution in [2.75, 3.05) is 7.05 Å². The number of amides is 3. The smallest absolute Gasteiger partial charge is 0.253 e. The second-order valence-electron chi connectivity index (χ2n) is 7.30. The second kappa shape index (κ2) is 10.8. The first-order valence-electron chi connectivity index (χ1n) is 9.09. The van der Waals surface area contributed by atoms with Gasteiger partial charge in [0.05, 0.1) is 5.92 Å². The Labute approximate surface area is 179 Å². The molecule has 0 unspecified atom stereocenters. The normalized spacial score (nSPS) is 15.2. The topological polar surface area (TPSA) is 128 Å². The van der Waals surface area contributed by atoms with Crippen LogP contribution in [0.5, 0.6) is 0 Å². The lowest BCUT2D eigenvalue weighted by Gasteiger charge is -2.34. The van der Waals surface area contributed by atoms with E-state index in [1.165, 1.54) is 19.5 Å². The summed E-state index contributed by atoms with van der Waals surface area (Å²) in [6, 6.07) is 3.67. The molecule has 0 aliphatic heterocycles. The molecule has 29 heavy (non-hydrogen) atoms. The number of carbonyl (C=O) groups is 3. The summed E-state index contributed by atoms with van der Waals surface area (Å²) in [6.07, 6.45) is -0.0467. The average molecular weight is 448 g/mol. The lowest BCUT2D eigenvalue weighted by atomic mass is 9.80. The maximum absolute atomic E-state index is 13.0. The summed E-state index contributed by atoms with van der Waals surface area (Å²) in [5.74, 6) is -3.76. The summed E-state index contributed by atoms with van der Waals surface area (Å²) in [6.45, 7) is 4.85. The van der Waals surface area contributed by atoms with E-state index in [9.17, 15) is 19.5 Å². The van der Waals surface area contributed by atoms with E-state index in [2.05, 4.69) is 10.6 Å². The minimum absolute atomic E-state index is 0.0170. The van der Waals surface area contributed by atoms with Gasteiger partial charge >= 0.3 is 0 Å². The highest BCUT2D eigenvalue weighted by Crippen LogP contribution is 2.27. The molecule has 1 rings (SSSR count). The van der Waals surface area contributed by atoms with Crippen LogP contribution in [0.3, 0.4) is 0 Å². The van der Waals surface area contributed by atoms with Crippen molar-refractivity contribution in [3.63, 3.8) is 0 Å². The van der Waals surface area contributed by atoms with E-state index < -0.39 is 35.3 Å². The van der Waals surface area contributed by atoms with E-state index in [0.717, 1.165) is 0 Å². The van der Waals surface area contributed by atoms with Crippen molar-refractivity contribution < 1.29 is 24.7 Å². The second-order valence-corrected chi connectivity index (χ2v) is 8.14. The molecule has 0 aromatic heterocycles. The fourth-order valence-electron chi connectivity index (χ4n) is 2.99. The van der Waals surface area contributed by atoms with Gasteiger partial charge in [0.2, 0.25) is 11.8 Å². The fraction of sp³-hybridized carbons (Fsp3) is 0.526. The van der Waals surface area contributed by atoms with Gasteiger partial charge in [-0.1, -0.05) is 44.0 Å². The van der Waals surface area contributed by atoms with Crippen molar-refractivity contribution in [2.45, 2.75) is 45.3 Å². The first-order chi connectivity index (χ1) is 13.5. The van der Waals surface area contributed by atoms with E-state index in [1.54, 1.807) is 32.0 Å². The Hall–Kier alpha value is -1.87. The third kappa shape index (κ3) is 6.57. The van der Waals surface area contributed by atoms with E-state index in [4.69, 9.17) is 28.4 Å². The molecule has 3 atom stereocenters. The summed E-state index contributed by atoms with van der Waals surface area (Å²) < 4.78 is 0. The minimum atomic E-state index is -2.15. The highest BCUT2D eigenvalue weighted by molar-refractivity contribution is 6.33. The molecule has 10 heteroatoms. The molecule has 3 amide bonds. The molecule has 0 spiro atoms. The number of nitrogens with one attached hydrogen (secondary N) is 3. The number of halogens is 2. The molecule has 1 aromatic rings. The largest absolute Gasteiger partial charge is 0.379 e. The van der Waals surface area contributed by atoms with Crippen LogP contribution in [0.4, 0.5) is 0 Å². The van der Waals surface area contributed by atoms with Gasteiger partial charge in [0, 0.05) is 23.5 Å². The number of aliphatic hydroxyl groups is 1. The summed E-state index contributed by atoms with van der Waals surface area (Å²) in [7, 11) is 1.41. The molecule has 0 radical (unpaired) electrons. The van der Waals surface area contributed by atoms with Crippen LogP contribution in [0.1, 0.15) is 32.8 Å². The van der Waals surface area contributed by atoms with Crippen LogP contribution in [0.25, 0.3) is 0 Å². The number of hydroxylamine groups is 1. The quantitative estimate of drug-likeness (QED) is 0.290. The van der Waals surface area contributed by atoms with Gasteiger partial charge in [0.15, 0.2) is 5.60 Å². The molecule has 0 heterocycles. The molecule has 0 bridgehead atoms. The van der Waals surface area contributed by atoms with Gasteiger partial charge < -0.3 is 15.7 Å². The number of hydrogen-bond donors (Lipinski definition) is 5. The summed E-state index contributed by atoms with van der Waals surface area (Å²) in [5.41, 5.74) is -0.169. The SMILES string of the molecule is CNC(=O)[C@H](Cc1cc(Cl)ccc1Cl)NC(=O)[C@](O)(CC(C)C)[C@H](C)C(=O)NO. The van der Waals surface area contributed by atoms with Crippen molar-refractivity contribution in [3.8, 4) is 0 Å². The van der Waals surface area contributed by atoms with Crippen LogP contribution in [0, 0.1) is 11.8 Å². The molecule has 0 fully saturated rings. The van der Waals surface area contributed by atoms with Crippen LogP contribution < -0.4 is 16.1 Å². The minimum Gasteiger partial charge on any atom is -0.379 e. The van der Waals surface area contributed by atoms with E-state index in [1.807, 2.05) is 0 Å². The Morgan fingerprint density at radius 1 is 1.14 bits per heavy atom. The highest BCUT2D eigenvalue weighted by Gasteiger charge is 2.46. The molecule has 0 saturated carbocycles. The van der Waals surface area contributed by atoms with Crippen molar-refractivity contribution >= 4 is 40.9 Å². The first-order valence-corrected chi connectivity index (χ1v) is 9.84. The Bertz CT molecular complexity index is 759. The predicted octanol–water partition coefficient (Wildman–Crippen LogP) is 1.69. The van der Waals surface area contributed by atoms with Crippen molar-refractivity contribution in [2.24, 2.45) is 11.8 Å². The fourth-order valence-corrected chi connectivity index (χ4v) is 3.38. The van der Waals surface area contributed by atoms with Crippen LogP contribution in [0.2, 0.25) is 10.0 Å². The molecule has 1 aromatic carbocycles. The standard InChI is InChI=1S/C19H27Cl2N3O5/c1-10(2)9-19(28,11(3)16(25)24-29)18(27)23-15(17(26)22-4)8-12-7-13(20)5-6-14(12)21/h5-7,10-11,15,28-29H,8-9H2,1-4H3,(H,22,26)(H,23,27)(H,24,25)/t11-,15+,19+/m1/s1. The number of benzene rings is 1. The maximum Gasteiger partial charge on any atom is 0.253 e. The van der Waals surface area contributed by atoms with E-state index in [-0.39, 0.29) is 18.8 Å². The monoisotopic (exact) mass is 447 g/mol. The highest BCUT2D eigenvalue weighted by atomic mass is 35.5. The third-order valence-corrected chi connectivity index (χ3v) is 5.24. The van der Waals surface area contributed by atoms with Gasteiger partial charge in [0.1, 0.15) is 6.04 Å². The van der Waals surface area contributed by atoms with Gasteiger partial charge in [-0.3, -0.25) is 19.6 Å². The van der Waals surface area contributed by atoms with Crippen LogP contribution in [0.15, 0.2) is 18.2 Å². The van der Waals surface area contributed by atoms with Crippen molar-refractivity contribution in [1.29, 1.82) is 0 Å². The molecule has 5 N–H and O–H groups in total. The number of likely N-dealkylation sites (N-methyl/N-ethyl adjacent to an activating group) is 1. The zero-order chi connectivity index (χ0) is 22.4. The van der Waals surface area contributed by atoms with Gasteiger partial charge in [-0.2, -0.15) is 0 Å². The zero-order valence-corrected chi connectivity index (χ0v) is 18.3. The summed E-state index contributed by atoms with van der Waals surface area (Å²) in [5, 5.41) is 25.7. The third-order valence-electron chi connectivity index (χ3n) is 4.63. The Morgan fingerprint density at radius 3 is 2.28 bits per heavy atom. The molecule has 0 aliphatic carbocycles. The molecule has 0 aliphatic rings. The molecular weight excluding hydrogens is 421 g/mol. The Kier molecular flexibility index (Phi) is 9.35. The van der Waals surface area contributed by atoms with Crippen LogP contribution in [-0.2, 0) is 20.8 Å². The summed E-state index contributed by atoms with van der Waals surface area (Å²) >= 11 is 12.1. The van der Waals surface area contributed by atoms with Gasteiger partial charge in [-0.25, -0.2) is 5.48 Å². The molecule has 162 valence electrons. The van der Waals surface area contributed by atoms with Gasteiger partial charge in [-0.15, -0.1) is 0 Å². The molecule has 0 saturated heterocycles. The van der Waals surface area contributed by atoms with Crippen LogP contribution >= 0.6 is 23.2 Å².